The predicted octanol–water partition coefficient (Wildman–Crippen LogP) is 2.46. The van der Waals surface area contributed by atoms with Gasteiger partial charge in [-0.25, -0.2) is 0 Å². The molecule has 0 heterocycles. The van der Waals surface area contributed by atoms with Crippen LogP contribution in [-0.2, 0) is 4.79 Å². The van der Waals surface area contributed by atoms with Crippen LogP contribution in [0.15, 0.2) is 11.1 Å². The smallest absolute Gasteiger partial charge is 0.134 e. The molecule has 0 aliphatic heterocycles. The van der Waals surface area contributed by atoms with Gasteiger partial charge in [0.25, 0.3) is 0 Å². The lowest BCUT2D eigenvalue weighted by molar-refractivity contribution is -0.121. The van der Waals surface area contributed by atoms with Gasteiger partial charge in [-0.1, -0.05) is 11.1 Å². The van der Waals surface area contributed by atoms with Gasteiger partial charge in [0.2, 0.25) is 0 Å². The van der Waals surface area contributed by atoms with Crippen molar-refractivity contribution in [2.75, 3.05) is 0 Å². The second-order valence-corrected chi connectivity index (χ2v) is 3.92. The molecule has 0 aromatic rings. The summed E-state index contributed by atoms with van der Waals surface area (Å²) in [4.78, 5) is 11.2. The van der Waals surface area contributed by atoms with E-state index in [1.54, 1.807) is 6.92 Å². The highest BCUT2D eigenvalue weighted by molar-refractivity contribution is 5.79. The number of hydrogen-bond acceptors (Lipinski definition) is 2. The van der Waals surface area contributed by atoms with Crippen molar-refractivity contribution in [1.82, 2.24) is 0 Å². The number of ketones is 1. The van der Waals surface area contributed by atoms with Crippen LogP contribution < -0.4 is 0 Å². The zero-order valence-corrected chi connectivity index (χ0v) is 8.42. The Balaban J connectivity index is 2.90. The molecule has 70 valence electrons. The van der Waals surface area contributed by atoms with Crippen LogP contribution >= 0.6 is 0 Å². The monoisotopic (exact) mass is 177 g/mol. The maximum absolute atomic E-state index is 11.2. The summed E-state index contributed by atoms with van der Waals surface area (Å²) < 4.78 is 0. The third kappa shape index (κ3) is 1.98. The quantitative estimate of drug-likeness (QED) is 0.577. The Hall–Kier alpha value is -1.10. The number of allylic oxidation sites excluding steroid dienone is 2. The van der Waals surface area contributed by atoms with Crippen LogP contribution in [0.25, 0.3) is 0 Å². The molecule has 0 N–H and O–H groups in total. The van der Waals surface area contributed by atoms with Gasteiger partial charge >= 0.3 is 0 Å². The van der Waals surface area contributed by atoms with E-state index in [2.05, 4.69) is 19.9 Å². The largest absolute Gasteiger partial charge is 0.300 e. The van der Waals surface area contributed by atoms with Crippen molar-refractivity contribution in [1.29, 1.82) is 5.26 Å². The fourth-order valence-electron chi connectivity index (χ4n) is 1.86. The molecule has 0 spiro atoms. The molecule has 1 aliphatic carbocycles. The van der Waals surface area contributed by atoms with Gasteiger partial charge in [0.1, 0.15) is 5.78 Å². The predicted molar refractivity (Wildman–Crippen MR) is 50.9 cm³/mol. The lowest BCUT2D eigenvalue weighted by atomic mass is 9.75. The number of nitrogens with zero attached hydrogens (tertiary/aromatic N) is 1. The Labute approximate surface area is 79.2 Å². The van der Waals surface area contributed by atoms with Gasteiger partial charge in [-0.05, 0) is 33.6 Å². The highest BCUT2D eigenvalue weighted by atomic mass is 16.1. The molecule has 1 rings (SSSR count). The standard InChI is InChI=1S/C11H15NO/c1-7-4-10(6-12)11(9(3)13)5-8(7)2/h10-11H,4-5H2,1-3H3. The lowest BCUT2D eigenvalue weighted by Crippen LogP contribution is -2.25. The average molecular weight is 177 g/mol. The molecule has 0 saturated heterocycles. The van der Waals surface area contributed by atoms with Crippen molar-refractivity contribution in [2.24, 2.45) is 11.8 Å². The Morgan fingerprint density at radius 2 is 1.92 bits per heavy atom. The fourth-order valence-corrected chi connectivity index (χ4v) is 1.86. The van der Waals surface area contributed by atoms with E-state index < -0.39 is 0 Å². The molecule has 13 heavy (non-hydrogen) atoms. The summed E-state index contributed by atoms with van der Waals surface area (Å²) in [5, 5.41) is 8.89. The first-order valence-corrected chi connectivity index (χ1v) is 4.61. The first kappa shape index (κ1) is 9.98. The van der Waals surface area contributed by atoms with Gasteiger partial charge in [0, 0.05) is 5.92 Å². The summed E-state index contributed by atoms with van der Waals surface area (Å²) in [5.41, 5.74) is 2.57. The zero-order chi connectivity index (χ0) is 10.0. The van der Waals surface area contributed by atoms with E-state index in [-0.39, 0.29) is 17.6 Å². The van der Waals surface area contributed by atoms with Crippen molar-refractivity contribution < 1.29 is 4.79 Å². The molecule has 0 aromatic carbocycles. The third-order valence-electron chi connectivity index (χ3n) is 2.95. The minimum atomic E-state index is -0.0961. The summed E-state index contributed by atoms with van der Waals surface area (Å²) >= 11 is 0. The summed E-state index contributed by atoms with van der Waals surface area (Å²) in [6.07, 6.45) is 1.55. The van der Waals surface area contributed by atoms with Crippen molar-refractivity contribution in [3.63, 3.8) is 0 Å². The molecule has 0 radical (unpaired) electrons. The van der Waals surface area contributed by atoms with Gasteiger partial charge in [-0.3, -0.25) is 4.79 Å². The van der Waals surface area contributed by atoms with Gasteiger partial charge in [0.05, 0.1) is 12.0 Å². The number of carbonyl (C=O) groups excluding carboxylic acids is 1. The van der Waals surface area contributed by atoms with E-state index in [1.165, 1.54) is 11.1 Å². The van der Waals surface area contributed by atoms with Crippen LogP contribution in [0.4, 0.5) is 0 Å². The SMILES string of the molecule is CC(=O)C1CC(C)=C(C)CC1C#N. The minimum Gasteiger partial charge on any atom is -0.300 e. The third-order valence-corrected chi connectivity index (χ3v) is 2.95. The molecule has 2 heteroatoms. The van der Waals surface area contributed by atoms with Crippen LogP contribution in [0.1, 0.15) is 33.6 Å². The molecule has 0 saturated carbocycles. The Morgan fingerprint density at radius 3 is 2.38 bits per heavy atom. The summed E-state index contributed by atoms with van der Waals surface area (Å²) in [7, 11) is 0. The van der Waals surface area contributed by atoms with E-state index in [4.69, 9.17) is 5.26 Å². The molecule has 0 fully saturated rings. The van der Waals surface area contributed by atoms with Crippen molar-refractivity contribution in [3.05, 3.63) is 11.1 Å². The van der Waals surface area contributed by atoms with Gasteiger partial charge in [-0.2, -0.15) is 5.26 Å². The van der Waals surface area contributed by atoms with E-state index in [0.29, 0.717) is 0 Å². The van der Waals surface area contributed by atoms with Gasteiger partial charge in [-0.15, -0.1) is 0 Å². The molecule has 1 aliphatic rings. The first-order chi connectivity index (χ1) is 6.06. The van der Waals surface area contributed by atoms with Crippen LogP contribution in [0.3, 0.4) is 0 Å². The van der Waals surface area contributed by atoms with Crippen LogP contribution in [0.5, 0.6) is 0 Å². The summed E-state index contributed by atoms with van der Waals surface area (Å²) in [6.45, 7) is 5.69. The topological polar surface area (TPSA) is 40.9 Å². The van der Waals surface area contributed by atoms with E-state index in [0.717, 1.165) is 12.8 Å². The molecule has 0 bridgehead atoms. The first-order valence-electron chi connectivity index (χ1n) is 4.61. The normalized spacial score (nSPS) is 28.5. The van der Waals surface area contributed by atoms with Crippen LogP contribution in [-0.4, -0.2) is 5.78 Å². The number of carbonyl (C=O) groups is 1. The number of nitriles is 1. The number of rotatable bonds is 1. The Kier molecular flexibility index (Phi) is 2.87. The molecule has 2 nitrogen and oxygen atoms in total. The highest BCUT2D eigenvalue weighted by Crippen LogP contribution is 2.33. The second kappa shape index (κ2) is 3.74. The molecule has 0 amide bonds. The maximum Gasteiger partial charge on any atom is 0.134 e. The number of hydrogen-bond donors (Lipinski definition) is 0. The summed E-state index contributed by atoms with van der Waals surface area (Å²) in [6, 6.07) is 2.23. The fraction of sp³-hybridized carbons (Fsp3) is 0.636. The molecule has 0 aromatic heterocycles. The Morgan fingerprint density at radius 1 is 1.38 bits per heavy atom. The average Bonchev–Trinajstić information content (AvgIpc) is 2.08. The van der Waals surface area contributed by atoms with E-state index in [1.807, 2.05) is 0 Å². The van der Waals surface area contributed by atoms with E-state index in [9.17, 15) is 4.79 Å². The van der Waals surface area contributed by atoms with E-state index >= 15 is 0 Å². The molecule has 2 atom stereocenters. The van der Waals surface area contributed by atoms with Crippen LogP contribution in [0, 0.1) is 23.2 Å². The van der Waals surface area contributed by atoms with Crippen molar-refractivity contribution >= 4 is 5.78 Å². The lowest BCUT2D eigenvalue weighted by Gasteiger charge is -2.26. The molecular formula is C11H15NO. The van der Waals surface area contributed by atoms with Gasteiger partial charge < -0.3 is 0 Å². The van der Waals surface area contributed by atoms with Crippen molar-refractivity contribution in [2.45, 2.75) is 33.6 Å². The van der Waals surface area contributed by atoms with Crippen LogP contribution in [0.2, 0.25) is 0 Å². The summed E-state index contributed by atoms with van der Waals surface area (Å²) in [5.74, 6) is -0.00620. The molecular weight excluding hydrogens is 162 g/mol. The second-order valence-electron chi connectivity index (χ2n) is 3.92. The highest BCUT2D eigenvalue weighted by Gasteiger charge is 2.30. The van der Waals surface area contributed by atoms with Crippen molar-refractivity contribution in [3.8, 4) is 6.07 Å². The number of Topliss-reactive ketones (excluding diaryl/α,β-unsaturated/α-hetero) is 1. The molecule has 2 unspecified atom stereocenters. The van der Waals surface area contributed by atoms with Gasteiger partial charge in [0.15, 0.2) is 0 Å². The zero-order valence-electron chi connectivity index (χ0n) is 8.42. The Bertz CT molecular complexity index is 296. The minimum absolute atomic E-state index is 0.0614. The maximum atomic E-state index is 11.2.